The zero-order chi connectivity index (χ0) is 20.8. The smallest absolute Gasteiger partial charge is 0.439 e. The van der Waals surface area contributed by atoms with Gasteiger partial charge < -0.3 is 9.72 Å². The average molecular weight is 413 g/mol. The van der Waals surface area contributed by atoms with E-state index in [0.29, 0.717) is 28.7 Å². The molecule has 4 aromatic rings. The minimum Gasteiger partial charge on any atom is -0.495 e. The van der Waals surface area contributed by atoms with E-state index in [2.05, 4.69) is 45.4 Å². The number of aromatic nitrogens is 4. The topological polar surface area (TPSA) is 96.8 Å². The van der Waals surface area contributed by atoms with Gasteiger partial charge in [-0.25, -0.2) is 9.78 Å². The Morgan fingerprint density at radius 1 is 1.21 bits per heavy atom. The highest BCUT2D eigenvalue weighted by molar-refractivity contribution is 6.32. The van der Waals surface area contributed by atoms with E-state index in [0.717, 1.165) is 27.9 Å². The van der Waals surface area contributed by atoms with Gasteiger partial charge in [0.15, 0.2) is 0 Å². The van der Waals surface area contributed by atoms with Gasteiger partial charge in [0.05, 0.1) is 12.1 Å². The molecule has 3 aromatic heterocycles. The third-order valence-corrected chi connectivity index (χ3v) is 5.07. The molecule has 29 heavy (non-hydrogen) atoms. The number of nitrogens with zero attached hydrogens (tertiary/aromatic N) is 2. The minimum absolute atomic E-state index is 0.108. The van der Waals surface area contributed by atoms with Crippen molar-refractivity contribution in [1.82, 2.24) is 20.1 Å². The van der Waals surface area contributed by atoms with Crippen LogP contribution in [0.4, 0.5) is 0 Å². The predicted octanol–water partition coefficient (Wildman–Crippen LogP) is 4.46. The lowest BCUT2D eigenvalue weighted by Gasteiger charge is -2.19. The molecule has 2 N–H and O–H groups in total. The van der Waals surface area contributed by atoms with Gasteiger partial charge in [-0.2, -0.15) is 0 Å². The summed E-state index contributed by atoms with van der Waals surface area (Å²) >= 11 is 6.40. The normalized spacial score (nSPS) is 11.9. The van der Waals surface area contributed by atoms with Crippen molar-refractivity contribution in [3.8, 4) is 17.3 Å². The fraction of sp³-hybridized carbons (Fsp3) is 0.286. The number of H-pyrrole nitrogens is 2. The second-order valence-electron chi connectivity index (χ2n) is 7.90. The maximum absolute atomic E-state index is 11.3. The summed E-state index contributed by atoms with van der Waals surface area (Å²) in [7, 11) is 1.60. The van der Waals surface area contributed by atoms with E-state index >= 15 is 0 Å². The molecule has 7 nitrogen and oxygen atoms in total. The third-order valence-electron chi connectivity index (χ3n) is 4.78. The number of ether oxygens (including phenoxy) is 1. The van der Waals surface area contributed by atoms with E-state index in [1.165, 1.54) is 0 Å². The molecular weight excluding hydrogens is 392 g/mol. The molecule has 150 valence electrons. The first-order chi connectivity index (χ1) is 13.8. The predicted molar refractivity (Wildman–Crippen MR) is 112 cm³/mol. The van der Waals surface area contributed by atoms with E-state index in [1.807, 2.05) is 24.3 Å². The van der Waals surface area contributed by atoms with Gasteiger partial charge >= 0.3 is 5.76 Å². The van der Waals surface area contributed by atoms with Crippen molar-refractivity contribution in [2.24, 2.45) is 0 Å². The van der Waals surface area contributed by atoms with Crippen LogP contribution in [-0.4, -0.2) is 27.2 Å². The Morgan fingerprint density at radius 3 is 2.66 bits per heavy atom. The highest BCUT2D eigenvalue weighted by Gasteiger charge is 2.24. The molecule has 1 aromatic carbocycles. The first-order valence-electron chi connectivity index (χ1n) is 9.17. The van der Waals surface area contributed by atoms with E-state index in [-0.39, 0.29) is 5.41 Å². The number of rotatable bonds is 4. The Kier molecular flexibility index (Phi) is 4.70. The quantitative estimate of drug-likeness (QED) is 0.516. The van der Waals surface area contributed by atoms with Crippen LogP contribution in [0.25, 0.3) is 22.4 Å². The molecule has 0 saturated carbocycles. The Balaban J connectivity index is 1.83. The van der Waals surface area contributed by atoms with Crippen LogP contribution in [0.2, 0.25) is 5.02 Å². The Hall–Kier alpha value is -3.06. The van der Waals surface area contributed by atoms with Crippen molar-refractivity contribution in [3.63, 3.8) is 0 Å². The van der Waals surface area contributed by atoms with E-state index < -0.39 is 5.76 Å². The number of pyridine rings is 1. The molecule has 0 saturated heterocycles. The maximum atomic E-state index is 11.3. The van der Waals surface area contributed by atoms with E-state index in [1.54, 1.807) is 13.2 Å². The standard InChI is InChI=1S/C21H21ClN4O3/c1-21(2,3)18-13(12-9-14(22)17(28-4)10-16(12)24-18)8-11-6-5-7-15(23-11)19-25-20(27)29-26-19/h5-7,9-10,24H,8H2,1-4H3,(H,25,26,27). The molecule has 0 spiro atoms. The summed E-state index contributed by atoms with van der Waals surface area (Å²) in [6.45, 7) is 6.47. The van der Waals surface area contributed by atoms with E-state index in [9.17, 15) is 4.79 Å². The zero-order valence-corrected chi connectivity index (χ0v) is 17.3. The number of benzene rings is 1. The fourth-order valence-electron chi connectivity index (χ4n) is 3.46. The van der Waals surface area contributed by atoms with Gasteiger partial charge in [0.1, 0.15) is 11.4 Å². The van der Waals surface area contributed by atoms with Crippen LogP contribution >= 0.6 is 11.6 Å². The summed E-state index contributed by atoms with van der Waals surface area (Å²) in [5.41, 5.74) is 4.47. The van der Waals surface area contributed by atoms with Crippen LogP contribution in [0.15, 0.2) is 39.6 Å². The molecule has 0 aliphatic carbocycles. The molecule has 0 aliphatic rings. The lowest BCUT2D eigenvalue weighted by Crippen LogP contribution is -2.14. The largest absolute Gasteiger partial charge is 0.495 e. The van der Waals surface area contributed by atoms with Crippen LogP contribution in [0.5, 0.6) is 5.75 Å². The molecule has 0 fully saturated rings. The summed E-state index contributed by atoms with van der Waals surface area (Å²) < 4.78 is 9.95. The first-order valence-corrected chi connectivity index (χ1v) is 9.55. The van der Waals surface area contributed by atoms with Crippen LogP contribution in [0.1, 0.15) is 37.7 Å². The van der Waals surface area contributed by atoms with Gasteiger partial charge in [-0.1, -0.05) is 43.6 Å². The van der Waals surface area contributed by atoms with Crippen LogP contribution in [0, 0.1) is 0 Å². The highest BCUT2D eigenvalue weighted by Crippen LogP contribution is 2.37. The Morgan fingerprint density at radius 2 is 2.00 bits per heavy atom. The summed E-state index contributed by atoms with van der Waals surface area (Å²) in [6, 6.07) is 9.44. The van der Waals surface area contributed by atoms with Crippen LogP contribution in [-0.2, 0) is 11.8 Å². The van der Waals surface area contributed by atoms with Crippen molar-refractivity contribution < 1.29 is 9.26 Å². The van der Waals surface area contributed by atoms with Crippen molar-refractivity contribution in [1.29, 1.82) is 0 Å². The molecule has 3 heterocycles. The Labute approximate surface area is 172 Å². The van der Waals surface area contributed by atoms with Crippen molar-refractivity contribution in [2.75, 3.05) is 7.11 Å². The van der Waals surface area contributed by atoms with Crippen LogP contribution < -0.4 is 10.5 Å². The lowest BCUT2D eigenvalue weighted by atomic mass is 9.87. The molecular formula is C21H21ClN4O3. The second kappa shape index (κ2) is 7.08. The molecule has 0 amide bonds. The number of fused-ring (bicyclic) bond motifs is 1. The fourth-order valence-corrected chi connectivity index (χ4v) is 3.70. The molecule has 8 heteroatoms. The molecule has 0 radical (unpaired) electrons. The molecule has 0 bridgehead atoms. The number of halogens is 1. The Bertz CT molecular complexity index is 1250. The molecule has 0 aliphatic heterocycles. The van der Waals surface area contributed by atoms with Gasteiger partial charge in [-0.15, -0.1) is 0 Å². The van der Waals surface area contributed by atoms with Crippen molar-refractivity contribution in [2.45, 2.75) is 32.6 Å². The number of methoxy groups -OCH3 is 1. The summed E-state index contributed by atoms with van der Waals surface area (Å²) in [5, 5.41) is 5.31. The minimum atomic E-state index is -0.609. The average Bonchev–Trinajstić information content (AvgIpc) is 3.25. The third kappa shape index (κ3) is 3.65. The molecule has 0 unspecified atom stereocenters. The number of hydrogen-bond acceptors (Lipinski definition) is 5. The van der Waals surface area contributed by atoms with Gasteiger partial charge in [0.2, 0.25) is 5.82 Å². The SMILES string of the molecule is COc1cc2[nH]c(C(C)(C)C)c(Cc3cccc(-c4noc(=O)[nH]4)n3)c2cc1Cl. The monoisotopic (exact) mass is 412 g/mol. The second-order valence-corrected chi connectivity index (χ2v) is 8.30. The summed E-state index contributed by atoms with van der Waals surface area (Å²) in [6.07, 6.45) is 0.588. The van der Waals surface area contributed by atoms with E-state index in [4.69, 9.17) is 16.3 Å². The number of nitrogens with one attached hydrogen (secondary N) is 2. The van der Waals surface area contributed by atoms with Gasteiger partial charge in [0, 0.05) is 40.2 Å². The number of aromatic amines is 2. The lowest BCUT2D eigenvalue weighted by molar-refractivity contribution is 0.387. The zero-order valence-electron chi connectivity index (χ0n) is 16.6. The summed E-state index contributed by atoms with van der Waals surface area (Å²) in [5.74, 6) is 0.324. The highest BCUT2D eigenvalue weighted by atomic mass is 35.5. The van der Waals surface area contributed by atoms with Gasteiger partial charge in [0.25, 0.3) is 0 Å². The molecule has 0 atom stereocenters. The van der Waals surface area contributed by atoms with Crippen molar-refractivity contribution in [3.05, 3.63) is 62.9 Å². The molecule has 4 rings (SSSR count). The number of hydrogen-bond donors (Lipinski definition) is 2. The summed E-state index contributed by atoms with van der Waals surface area (Å²) in [4.78, 5) is 22.0. The first kappa shape index (κ1) is 19.3. The van der Waals surface area contributed by atoms with Crippen LogP contribution in [0.3, 0.4) is 0 Å². The maximum Gasteiger partial charge on any atom is 0.439 e. The van der Waals surface area contributed by atoms with Gasteiger partial charge in [-0.05, 0) is 23.8 Å². The van der Waals surface area contributed by atoms with Crippen molar-refractivity contribution >= 4 is 22.5 Å². The van der Waals surface area contributed by atoms with Gasteiger partial charge in [-0.3, -0.25) is 9.51 Å².